The lowest BCUT2D eigenvalue weighted by Gasteiger charge is -2.32. The molecule has 2 N–H and O–H groups in total. The molecule has 1 atom stereocenters. The lowest BCUT2D eigenvalue weighted by Crippen LogP contribution is -2.37. The van der Waals surface area contributed by atoms with Gasteiger partial charge in [0.15, 0.2) is 0 Å². The molecule has 0 aromatic heterocycles. The van der Waals surface area contributed by atoms with Gasteiger partial charge in [-0.25, -0.2) is 0 Å². The summed E-state index contributed by atoms with van der Waals surface area (Å²) in [4.78, 5) is 2.41. The summed E-state index contributed by atoms with van der Waals surface area (Å²) in [5.41, 5.74) is 7.15. The van der Waals surface area contributed by atoms with Crippen molar-refractivity contribution in [2.45, 2.75) is 37.8 Å². The predicted octanol–water partition coefficient (Wildman–Crippen LogP) is 3.22. The van der Waals surface area contributed by atoms with Crippen molar-refractivity contribution in [1.29, 1.82) is 0 Å². The summed E-state index contributed by atoms with van der Waals surface area (Å²) in [6, 6.07) is 6.83. The zero-order valence-electron chi connectivity index (χ0n) is 11.7. The van der Waals surface area contributed by atoms with Gasteiger partial charge in [0.25, 0.3) is 0 Å². The number of methoxy groups -OCH3 is 1. The molecule has 2 rings (SSSR count). The third kappa shape index (κ3) is 3.22. The number of likely N-dealkylation sites (N-methyl/N-ethyl adjacent to an activating group) is 1. The maximum Gasteiger partial charge on any atom is 0.137 e. The van der Waals surface area contributed by atoms with Gasteiger partial charge in [0.05, 0.1) is 12.1 Å². The van der Waals surface area contributed by atoms with Crippen LogP contribution in [-0.2, 0) is 0 Å². The molecule has 0 spiro atoms. The van der Waals surface area contributed by atoms with Crippen LogP contribution in [0.5, 0.6) is 5.75 Å². The van der Waals surface area contributed by atoms with Crippen molar-refractivity contribution in [2.24, 2.45) is 5.73 Å². The number of hydrogen-bond donors (Lipinski definition) is 1. The second-order valence-corrected chi connectivity index (χ2v) is 5.66. The minimum absolute atomic E-state index is 0.228. The van der Waals surface area contributed by atoms with E-state index in [1.807, 2.05) is 12.1 Å². The van der Waals surface area contributed by atoms with Crippen molar-refractivity contribution in [2.75, 3.05) is 20.7 Å². The first-order valence-electron chi connectivity index (χ1n) is 6.92. The lowest BCUT2D eigenvalue weighted by molar-refractivity contribution is 0.179. The highest BCUT2D eigenvalue weighted by atomic mass is 35.5. The van der Waals surface area contributed by atoms with E-state index in [1.54, 1.807) is 7.11 Å². The van der Waals surface area contributed by atoms with Crippen LogP contribution in [0.15, 0.2) is 18.2 Å². The monoisotopic (exact) mass is 282 g/mol. The zero-order chi connectivity index (χ0) is 13.8. The number of hydrogen-bond acceptors (Lipinski definition) is 3. The molecule has 1 aliphatic rings. The van der Waals surface area contributed by atoms with Gasteiger partial charge in [0.2, 0.25) is 0 Å². The largest absolute Gasteiger partial charge is 0.495 e. The number of ether oxygens (including phenoxy) is 1. The minimum atomic E-state index is 0.228. The number of halogens is 1. The van der Waals surface area contributed by atoms with Gasteiger partial charge in [-0.15, -0.1) is 0 Å². The van der Waals surface area contributed by atoms with Crippen molar-refractivity contribution in [3.8, 4) is 5.75 Å². The molecule has 1 fully saturated rings. The van der Waals surface area contributed by atoms with Crippen LogP contribution in [0.3, 0.4) is 0 Å². The Kier molecular flexibility index (Phi) is 5.08. The van der Waals surface area contributed by atoms with Crippen molar-refractivity contribution in [3.05, 3.63) is 28.8 Å². The highest BCUT2D eigenvalue weighted by molar-refractivity contribution is 6.32. The van der Waals surface area contributed by atoms with Crippen LogP contribution in [0.1, 0.15) is 37.3 Å². The molecule has 106 valence electrons. The fourth-order valence-electron chi connectivity index (χ4n) is 2.99. The van der Waals surface area contributed by atoms with Gasteiger partial charge in [0, 0.05) is 18.6 Å². The summed E-state index contributed by atoms with van der Waals surface area (Å²) in [6.07, 6.45) is 5.21. The summed E-state index contributed by atoms with van der Waals surface area (Å²) in [5, 5.41) is 0.651. The van der Waals surface area contributed by atoms with Gasteiger partial charge in [-0.05, 0) is 37.6 Å². The molecule has 4 heteroatoms. The average molecular weight is 283 g/mol. The molecule has 1 unspecified atom stereocenters. The van der Waals surface area contributed by atoms with Crippen molar-refractivity contribution >= 4 is 11.6 Å². The van der Waals surface area contributed by atoms with Gasteiger partial charge in [-0.3, -0.25) is 4.90 Å². The molecule has 0 aliphatic heterocycles. The first-order chi connectivity index (χ1) is 9.17. The van der Waals surface area contributed by atoms with Crippen LogP contribution < -0.4 is 10.5 Å². The molecular weight excluding hydrogens is 260 g/mol. The third-order valence-electron chi connectivity index (χ3n) is 4.18. The van der Waals surface area contributed by atoms with E-state index in [-0.39, 0.29) is 6.04 Å². The fourth-order valence-corrected chi connectivity index (χ4v) is 3.26. The van der Waals surface area contributed by atoms with Gasteiger partial charge < -0.3 is 10.5 Å². The standard InChI is InChI=1S/C15H23ClN2O/c1-18(12-5-3-4-6-12)14(10-17)11-7-8-15(19-2)13(16)9-11/h7-9,12,14H,3-6,10,17H2,1-2H3. The van der Waals surface area contributed by atoms with Gasteiger partial charge in [-0.2, -0.15) is 0 Å². The summed E-state index contributed by atoms with van der Waals surface area (Å²) in [7, 11) is 3.80. The van der Waals surface area contributed by atoms with E-state index in [9.17, 15) is 0 Å². The molecule has 1 aromatic carbocycles. The Morgan fingerprint density at radius 3 is 2.63 bits per heavy atom. The highest BCUT2D eigenvalue weighted by Gasteiger charge is 2.26. The molecule has 19 heavy (non-hydrogen) atoms. The Bertz CT molecular complexity index is 419. The van der Waals surface area contributed by atoms with E-state index in [0.717, 1.165) is 0 Å². The second-order valence-electron chi connectivity index (χ2n) is 5.25. The summed E-state index contributed by atoms with van der Waals surface area (Å²) in [5.74, 6) is 0.713. The van der Waals surface area contributed by atoms with Crippen LogP contribution in [0.2, 0.25) is 5.02 Å². The van der Waals surface area contributed by atoms with E-state index < -0.39 is 0 Å². The molecule has 0 amide bonds. The first-order valence-corrected chi connectivity index (χ1v) is 7.30. The van der Waals surface area contributed by atoms with Crippen LogP contribution in [-0.4, -0.2) is 31.6 Å². The number of rotatable bonds is 5. The molecule has 1 aromatic rings. The Morgan fingerprint density at radius 2 is 2.11 bits per heavy atom. The van der Waals surface area contributed by atoms with Crippen molar-refractivity contribution < 1.29 is 4.74 Å². The fraction of sp³-hybridized carbons (Fsp3) is 0.600. The van der Waals surface area contributed by atoms with Crippen molar-refractivity contribution in [3.63, 3.8) is 0 Å². The summed E-state index contributed by atoms with van der Waals surface area (Å²) in [6.45, 7) is 0.607. The molecule has 1 saturated carbocycles. The normalized spacial score (nSPS) is 17.9. The molecule has 0 saturated heterocycles. The van der Waals surface area contributed by atoms with Gasteiger partial charge >= 0.3 is 0 Å². The molecule has 3 nitrogen and oxygen atoms in total. The zero-order valence-corrected chi connectivity index (χ0v) is 12.5. The van der Waals surface area contributed by atoms with E-state index in [1.165, 1.54) is 31.2 Å². The quantitative estimate of drug-likeness (QED) is 0.901. The van der Waals surface area contributed by atoms with E-state index in [2.05, 4.69) is 18.0 Å². The Morgan fingerprint density at radius 1 is 1.42 bits per heavy atom. The third-order valence-corrected chi connectivity index (χ3v) is 4.47. The van der Waals surface area contributed by atoms with Crippen LogP contribution in [0.4, 0.5) is 0 Å². The van der Waals surface area contributed by atoms with Crippen LogP contribution in [0.25, 0.3) is 0 Å². The number of nitrogens with zero attached hydrogens (tertiary/aromatic N) is 1. The van der Waals surface area contributed by atoms with Crippen LogP contribution >= 0.6 is 11.6 Å². The Labute approximate surface area is 120 Å². The maximum atomic E-state index is 6.21. The SMILES string of the molecule is COc1ccc(C(CN)N(C)C2CCCC2)cc1Cl. The molecular formula is C15H23ClN2O. The number of benzene rings is 1. The van der Waals surface area contributed by atoms with Crippen molar-refractivity contribution in [1.82, 2.24) is 4.90 Å². The maximum absolute atomic E-state index is 6.21. The van der Waals surface area contributed by atoms with E-state index in [0.29, 0.717) is 23.4 Å². The molecule has 0 bridgehead atoms. The lowest BCUT2D eigenvalue weighted by atomic mass is 10.0. The smallest absolute Gasteiger partial charge is 0.137 e. The first kappa shape index (κ1) is 14.6. The Balaban J connectivity index is 2.18. The van der Waals surface area contributed by atoms with Crippen LogP contribution in [0, 0.1) is 0 Å². The average Bonchev–Trinajstić information content (AvgIpc) is 2.93. The molecule has 0 radical (unpaired) electrons. The topological polar surface area (TPSA) is 38.5 Å². The van der Waals surface area contributed by atoms with Gasteiger partial charge in [0.1, 0.15) is 5.75 Å². The summed E-state index contributed by atoms with van der Waals surface area (Å²) >= 11 is 6.21. The highest BCUT2D eigenvalue weighted by Crippen LogP contribution is 2.32. The second kappa shape index (κ2) is 6.60. The predicted molar refractivity (Wildman–Crippen MR) is 79.8 cm³/mol. The van der Waals surface area contributed by atoms with Gasteiger partial charge in [-0.1, -0.05) is 30.5 Å². The summed E-state index contributed by atoms with van der Waals surface area (Å²) < 4.78 is 5.20. The minimum Gasteiger partial charge on any atom is -0.495 e. The van der Waals surface area contributed by atoms with E-state index in [4.69, 9.17) is 22.1 Å². The molecule has 0 heterocycles. The van der Waals surface area contributed by atoms with E-state index >= 15 is 0 Å². The molecule has 1 aliphatic carbocycles. The Hall–Kier alpha value is -0.770. The number of nitrogens with two attached hydrogens (primary N) is 1.